The van der Waals surface area contributed by atoms with Gasteiger partial charge in [-0.3, -0.25) is 14.4 Å². The molecule has 1 atom stereocenters. The van der Waals surface area contributed by atoms with Crippen LogP contribution in [0.4, 0.5) is 15.9 Å². The van der Waals surface area contributed by atoms with Gasteiger partial charge in [-0.15, -0.1) is 0 Å². The van der Waals surface area contributed by atoms with Gasteiger partial charge in [0.25, 0.3) is 11.8 Å². The van der Waals surface area contributed by atoms with Crippen LogP contribution in [0.15, 0.2) is 60.8 Å². The second-order valence-electron chi connectivity index (χ2n) is 9.61. The van der Waals surface area contributed by atoms with E-state index < -0.39 is 17.1 Å². The first-order chi connectivity index (χ1) is 17.3. The molecule has 2 aliphatic heterocycles. The van der Waals surface area contributed by atoms with E-state index in [0.717, 1.165) is 24.2 Å². The molecule has 7 nitrogen and oxygen atoms in total. The number of likely N-dealkylation sites (tertiary alicyclic amines) is 1. The normalized spacial score (nSPS) is 19.2. The topological polar surface area (TPSA) is 82.6 Å². The van der Waals surface area contributed by atoms with Gasteiger partial charge in [-0.2, -0.15) is 0 Å². The summed E-state index contributed by atoms with van der Waals surface area (Å²) in [4.78, 5) is 46.9. The fourth-order valence-electron chi connectivity index (χ4n) is 5.20. The first-order valence-corrected chi connectivity index (χ1v) is 12.0. The Morgan fingerprint density at radius 2 is 1.83 bits per heavy atom. The van der Waals surface area contributed by atoms with Crippen LogP contribution in [0.3, 0.4) is 0 Å². The summed E-state index contributed by atoms with van der Waals surface area (Å²) in [7, 11) is 1.83. The van der Waals surface area contributed by atoms with Crippen LogP contribution in [0.5, 0.6) is 0 Å². The maximum Gasteiger partial charge on any atom is 0.259 e. The minimum absolute atomic E-state index is 0.141. The third-order valence-corrected chi connectivity index (χ3v) is 7.29. The van der Waals surface area contributed by atoms with Gasteiger partial charge in [-0.05, 0) is 67.6 Å². The number of nitrogens with one attached hydrogen (secondary N) is 1. The molecule has 3 aromatic rings. The summed E-state index contributed by atoms with van der Waals surface area (Å²) in [6.45, 7) is 2.87. The molecule has 0 radical (unpaired) electrons. The largest absolute Gasteiger partial charge is 0.345 e. The molecule has 184 valence electrons. The van der Waals surface area contributed by atoms with Crippen molar-refractivity contribution in [3.63, 3.8) is 0 Å². The molecular weight excluding hydrogens is 459 g/mol. The molecule has 1 unspecified atom stereocenters. The number of benzene rings is 2. The second kappa shape index (κ2) is 9.18. The minimum atomic E-state index is -0.495. The van der Waals surface area contributed by atoms with Crippen LogP contribution in [0, 0.1) is 18.2 Å². The average molecular weight is 487 g/mol. The van der Waals surface area contributed by atoms with E-state index in [4.69, 9.17) is 0 Å². The van der Waals surface area contributed by atoms with Crippen molar-refractivity contribution in [3.05, 3.63) is 88.9 Å². The van der Waals surface area contributed by atoms with Gasteiger partial charge in [0.05, 0.1) is 11.0 Å². The van der Waals surface area contributed by atoms with Crippen molar-refractivity contribution in [2.75, 3.05) is 30.4 Å². The van der Waals surface area contributed by atoms with Crippen molar-refractivity contribution in [1.82, 2.24) is 9.88 Å². The number of hydrogen-bond donors (Lipinski definition) is 1. The molecule has 1 aromatic heterocycles. The summed E-state index contributed by atoms with van der Waals surface area (Å²) in [5.74, 6) is -0.789. The highest BCUT2D eigenvalue weighted by Crippen LogP contribution is 2.43. The van der Waals surface area contributed by atoms with Gasteiger partial charge >= 0.3 is 0 Å². The zero-order valence-electron chi connectivity index (χ0n) is 20.3. The van der Waals surface area contributed by atoms with Crippen LogP contribution in [0.2, 0.25) is 0 Å². The number of hydrogen-bond acceptors (Lipinski definition) is 4. The molecule has 5 rings (SSSR count). The number of carbonyl (C=O) groups is 3. The number of nitrogens with zero attached hydrogens (tertiary/aromatic N) is 3. The lowest BCUT2D eigenvalue weighted by Gasteiger charge is -2.26. The summed E-state index contributed by atoms with van der Waals surface area (Å²) in [6, 6.07) is 14.9. The quantitative estimate of drug-likeness (QED) is 0.601. The lowest BCUT2D eigenvalue weighted by molar-refractivity contribution is -0.135. The van der Waals surface area contributed by atoms with E-state index in [1.54, 1.807) is 34.9 Å². The number of rotatable bonds is 3. The summed E-state index contributed by atoms with van der Waals surface area (Å²) < 4.78 is 13.6. The predicted octanol–water partition coefficient (Wildman–Crippen LogP) is 4.22. The molecule has 0 saturated carbocycles. The lowest BCUT2D eigenvalue weighted by Crippen LogP contribution is -2.37. The van der Waals surface area contributed by atoms with Gasteiger partial charge in [0.1, 0.15) is 11.6 Å². The number of anilines is 2. The van der Waals surface area contributed by atoms with E-state index in [0.29, 0.717) is 30.5 Å². The van der Waals surface area contributed by atoms with Gasteiger partial charge in [-0.25, -0.2) is 9.37 Å². The molecule has 36 heavy (non-hydrogen) atoms. The minimum Gasteiger partial charge on any atom is -0.345 e. The Balaban J connectivity index is 1.36. The molecule has 0 bridgehead atoms. The summed E-state index contributed by atoms with van der Waals surface area (Å²) in [6.07, 6.45) is 3.40. The van der Waals surface area contributed by atoms with Crippen LogP contribution in [0.1, 0.15) is 44.7 Å². The Hall–Kier alpha value is -4.07. The summed E-state index contributed by atoms with van der Waals surface area (Å²) in [5.41, 5.74) is 2.54. The molecule has 2 aromatic carbocycles. The molecule has 0 aliphatic carbocycles. The maximum absolute atomic E-state index is 13.6. The number of fused-ring (bicyclic) bond motifs is 1. The molecule has 2 aliphatic rings. The van der Waals surface area contributed by atoms with E-state index in [1.807, 2.05) is 31.3 Å². The SMILES string of the molecule is Cc1ccc(F)cc1C(=O)Nc1ccc(C(=O)N2CCC3(CCN(C)C3=O)Cc3ccccc32)cn1. The highest BCUT2D eigenvalue weighted by Gasteiger charge is 2.47. The Morgan fingerprint density at radius 3 is 2.56 bits per heavy atom. The molecule has 1 fully saturated rings. The van der Waals surface area contributed by atoms with Gasteiger partial charge in [0.15, 0.2) is 0 Å². The number of aromatic nitrogens is 1. The van der Waals surface area contributed by atoms with Crippen LogP contribution in [-0.2, 0) is 11.2 Å². The zero-order valence-corrected chi connectivity index (χ0v) is 20.3. The number of para-hydroxylation sites is 1. The maximum atomic E-state index is 13.6. The molecule has 8 heteroatoms. The Bertz CT molecular complexity index is 1360. The Labute approximate surface area is 208 Å². The predicted molar refractivity (Wildman–Crippen MR) is 134 cm³/mol. The number of pyridine rings is 1. The lowest BCUT2D eigenvalue weighted by atomic mass is 9.78. The first-order valence-electron chi connectivity index (χ1n) is 12.0. The molecule has 1 spiro atoms. The second-order valence-corrected chi connectivity index (χ2v) is 9.61. The van der Waals surface area contributed by atoms with Crippen molar-refractivity contribution >= 4 is 29.2 Å². The molecule has 1 N–H and O–H groups in total. The van der Waals surface area contributed by atoms with Crippen molar-refractivity contribution in [3.8, 4) is 0 Å². The average Bonchev–Trinajstić information content (AvgIpc) is 3.05. The molecule has 3 heterocycles. The zero-order chi connectivity index (χ0) is 25.4. The van der Waals surface area contributed by atoms with Crippen LogP contribution in [-0.4, -0.2) is 47.7 Å². The monoisotopic (exact) mass is 486 g/mol. The Morgan fingerprint density at radius 1 is 1.06 bits per heavy atom. The fraction of sp³-hybridized carbons (Fsp3) is 0.286. The third-order valence-electron chi connectivity index (χ3n) is 7.29. The molecule has 1 saturated heterocycles. The fourth-order valence-corrected chi connectivity index (χ4v) is 5.20. The first kappa shape index (κ1) is 23.7. The number of carbonyl (C=O) groups excluding carboxylic acids is 3. The van der Waals surface area contributed by atoms with Gasteiger partial charge in [0.2, 0.25) is 5.91 Å². The van der Waals surface area contributed by atoms with E-state index in [-0.39, 0.29) is 23.2 Å². The van der Waals surface area contributed by atoms with Crippen LogP contribution < -0.4 is 10.2 Å². The smallest absolute Gasteiger partial charge is 0.259 e. The van der Waals surface area contributed by atoms with Gasteiger partial charge in [-0.1, -0.05) is 24.3 Å². The van der Waals surface area contributed by atoms with Crippen molar-refractivity contribution in [2.24, 2.45) is 5.41 Å². The highest BCUT2D eigenvalue weighted by molar-refractivity contribution is 6.07. The van der Waals surface area contributed by atoms with Crippen molar-refractivity contribution in [2.45, 2.75) is 26.2 Å². The van der Waals surface area contributed by atoms with E-state index >= 15 is 0 Å². The number of amides is 3. The summed E-state index contributed by atoms with van der Waals surface area (Å²) in [5, 5.41) is 2.66. The summed E-state index contributed by atoms with van der Waals surface area (Å²) >= 11 is 0. The standard InChI is InChI=1S/C28H27FN4O3/c1-18-7-9-21(29)15-22(18)25(34)31-24-10-8-20(17-30-24)26(35)33-14-12-28(11-13-32(2)27(28)36)16-19-5-3-4-6-23(19)33/h3-10,15,17H,11-14,16H2,1-2H3,(H,30,31,34). The van der Waals surface area contributed by atoms with Crippen LogP contribution in [0.25, 0.3) is 0 Å². The van der Waals surface area contributed by atoms with E-state index in [1.165, 1.54) is 18.3 Å². The molecule has 3 amide bonds. The van der Waals surface area contributed by atoms with Gasteiger partial charge < -0.3 is 15.1 Å². The number of aryl methyl sites for hydroxylation is 1. The van der Waals surface area contributed by atoms with E-state index in [2.05, 4.69) is 10.3 Å². The van der Waals surface area contributed by atoms with Crippen molar-refractivity contribution < 1.29 is 18.8 Å². The van der Waals surface area contributed by atoms with Gasteiger partial charge in [0, 0.05) is 37.6 Å². The highest BCUT2D eigenvalue weighted by atomic mass is 19.1. The van der Waals surface area contributed by atoms with Crippen LogP contribution >= 0.6 is 0 Å². The third kappa shape index (κ3) is 4.23. The van der Waals surface area contributed by atoms with Crippen molar-refractivity contribution in [1.29, 1.82) is 0 Å². The van der Waals surface area contributed by atoms with E-state index in [9.17, 15) is 18.8 Å². The Kier molecular flexibility index (Phi) is 6.04. The number of halogens is 1. The molecular formula is C28H27FN4O3.